The maximum atomic E-state index is 13.2. The fourth-order valence-electron chi connectivity index (χ4n) is 4.30. The van der Waals surface area contributed by atoms with Gasteiger partial charge in [-0.15, -0.1) is 0 Å². The zero-order valence-electron chi connectivity index (χ0n) is 20.0. The lowest BCUT2D eigenvalue weighted by Crippen LogP contribution is -2.33. The zero-order chi connectivity index (χ0) is 25.8. The average molecular weight is 541 g/mol. The number of benzene rings is 2. The van der Waals surface area contributed by atoms with E-state index in [1.807, 2.05) is 18.2 Å². The molecule has 0 saturated carbocycles. The molecule has 0 spiro atoms. The molecule has 8 nitrogen and oxygen atoms in total. The second kappa shape index (κ2) is 11.0. The molecule has 37 heavy (non-hydrogen) atoms. The van der Waals surface area contributed by atoms with Gasteiger partial charge in [-0.2, -0.15) is 0 Å². The Bertz CT molecular complexity index is 1510. The highest BCUT2D eigenvalue weighted by atomic mass is 35.5. The minimum atomic E-state index is -3.98. The molecular weight excluding hydrogens is 515 g/mol. The number of piperidine rings is 1. The summed E-state index contributed by atoms with van der Waals surface area (Å²) in [5.74, 6) is 0.198. The molecule has 0 atom stereocenters. The first-order valence-corrected chi connectivity index (χ1v) is 13.9. The third-order valence-electron chi connectivity index (χ3n) is 6.27. The van der Waals surface area contributed by atoms with Gasteiger partial charge in [0.15, 0.2) is 5.15 Å². The molecule has 1 fully saturated rings. The van der Waals surface area contributed by atoms with Gasteiger partial charge in [-0.1, -0.05) is 24.1 Å². The van der Waals surface area contributed by atoms with E-state index in [1.54, 1.807) is 18.5 Å². The van der Waals surface area contributed by atoms with Gasteiger partial charge in [-0.25, -0.2) is 22.8 Å². The van der Waals surface area contributed by atoms with Crippen molar-refractivity contribution in [3.63, 3.8) is 0 Å². The second-order valence-corrected chi connectivity index (χ2v) is 11.0. The first-order valence-electron chi connectivity index (χ1n) is 12.0. The number of sulfonamides is 1. The number of likely N-dealkylation sites (tertiary alicyclic amines) is 1. The van der Waals surface area contributed by atoms with Crippen LogP contribution in [0.2, 0.25) is 5.15 Å². The molecule has 11 heteroatoms. The Labute approximate surface area is 220 Å². The lowest BCUT2D eigenvalue weighted by Gasteiger charge is -2.26. The molecule has 5 rings (SSSR count). The van der Waals surface area contributed by atoms with E-state index in [1.165, 1.54) is 31.4 Å². The topological polar surface area (TPSA) is 100 Å². The van der Waals surface area contributed by atoms with Crippen LogP contribution in [-0.4, -0.2) is 54.4 Å². The summed E-state index contributed by atoms with van der Waals surface area (Å²) >= 11 is 6.18. The Morgan fingerprint density at radius 3 is 2.49 bits per heavy atom. The Hall–Kier alpha value is -3.34. The summed E-state index contributed by atoms with van der Waals surface area (Å²) in [6.45, 7) is 4.10. The molecule has 0 aliphatic carbocycles. The maximum absolute atomic E-state index is 13.2. The summed E-state index contributed by atoms with van der Waals surface area (Å²) in [7, 11) is -3.98. The minimum Gasteiger partial charge on any atom is -0.367 e. The number of halogens is 2. The fraction of sp³-hybridized carbons (Fsp3) is 0.269. The van der Waals surface area contributed by atoms with E-state index in [0.29, 0.717) is 11.1 Å². The van der Waals surface area contributed by atoms with E-state index < -0.39 is 15.8 Å². The van der Waals surface area contributed by atoms with Crippen molar-refractivity contribution in [2.24, 2.45) is 0 Å². The Morgan fingerprint density at radius 1 is 0.919 bits per heavy atom. The smallest absolute Gasteiger partial charge is 0.261 e. The zero-order valence-corrected chi connectivity index (χ0v) is 21.6. The number of nitrogens with one attached hydrogen (secondary N) is 2. The van der Waals surface area contributed by atoms with E-state index in [2.05, 4.69) is 29.9 Å². The molecule has 2 aromatic carbocycles. The molecule has 1 aliphatic heterocycles. The minimum absolute atomic E-state index is 0.00436. The van der Waals surface area contributed by atoms with Crippen LogP contribution < -0.4 is 10.0 Å². The van der Waals surface area contributed by atoms with Crippen LogP contribution in [-0.2, 0) is 10.0 Å². The van der Waals surface area contributed by atoms with Gasteiger partial charge in [-0.3, -0.25) is 9.71 Å². The summed E-state index contributed by atoms with van der Waals surface area (Å²) < 4.78 is 41.1. The number of nitrogens with zero attached hydrogens (tertiary/aromatic N) is 4. The van der Waals surface area contributed by atoms with Crippen LogP contribution in [0.3, 0.4) is 0 Å². The van der Waals surface area contributed by atoms with E-state index in [9.17, 15) is 12.8 Å². The van der Waals surface area contributed by atoms with E-state index in [0.717, 1.165) is 55.2 Å². The summed E-state index contributed by atoms with van der Waals surface area (Å²) in [6, 6.07) is 11.7. The second-order valence-electron chi connectivity index (χ2n) is 8.91. The van der Waals surface area contributed by atoms with Crippen molar-refractivity contribution in [2.75, 3.05) is 36.2 Å². The molecule has 2 N–H and O–H groups in total. The Balaban J connectivity index is 1.31. The first kappa shape index (κ1) is 25.3. The van der Waals surface area contributed by atoms with E-state index >= 15 is 0 Å². The molecule has 1 saturated heterocycles. The predicted molar refractivity (Wildman–Crippen MR) is 144 cm³/mol. The largest absolute Gasteiger partial charge is 0.367 e. The van der Waals surface area contributed by atoms with Crippen LogP contribution in [0.4, 0.5) is 15.9 Å². The van der Waals surface area contributed by atoms with Crippen LogP contribution in [0.15, 0.2) is 65.8 Å². The molecule has 0 amide bonds. The van der Waals surface area contributed by atoms with Gasteiger partial charge in [0.25, 0.3) is 10.0 Å². The van der Waals surface area contributed by atoms with Gasteiger partial charge in [0, 0.05) is 24.8 Å². The standard InChI is InChI=1S/C26H26ClFN6O2S/c27-26-24(33-37(35,36)21-7-5-20(28)6-8-21)15-19(16-31-26)18-4-9-22-23(14-18)30-17-25(32-22)29-10-13-34-11-2-1-3-12-34/h4-9,14-17,33H,1-3,10-13H2,(H,29,32). The average Bonchev–Trinajstić information content (AvgIpc) is 2.90. The van der Waals surface area contributed by atoms with Crippen molar-refractivity contribution in [1.82, 2.24) is 19.9 Å². The maximum Gasteiger partial charge on any atom is 0.261 e. The fourth-order valence-corrected chi connectivity index (χ4v) is 5.56. The van der Waals surface area contributed by atoms with Crippen molar-refractivity contribution >= 4 is 44.2 Å². The highest BCUT2D eigenvalue weighted by Gasteiger charge is 2.17. The lowest BCUT2D eigenvalue weighted by atomic mass is 10.1. The third kappa shape index (κ3) is 6.15. The van der Waals surface area contributed by atoms with Gasteiger partial charge in [-0.05, 0) is 74.0 Å². The van der Waals surface area contributed by atoms with Crippen LogP contribution in [0.5, 0.6) is 0 Å². The predicted octanol–water partition coefficient (Wildman–Crippen LogP) is 5.18. The number of aromatic nitrogens is 3. The Morgan fingerprint density at radius 2 is 1.70 bits per heavy atom. The SMILES string of the molecule is O=S(=O)(Nc1cc(-c2ccc3nc(NCCN4CCCCC4)cnc3c2)cnc1Cl)c1ccc(F)cc1. The molecular formula is C26H26ClFN6O2S. The molecule has 1 aliphatic rings. The van der Waals surface area contributed by atoms with Gasteiger partial charge < -0.3 is 10.2 Å². The highest BCUT2D eigenvalue weighted by Crippen LogP contribution is 2.30. The number of anilines is 2. The quantitative estimate of drug-likeness (QED) is 0.297. The molecule has 4 aromatic rings. The lowest BCUT2D eigenvalue weighted by molar-refractivity contribution is 0.237. The van der Waals surface area contributed by atoms with E-state index in [-0.39, 0.29) is 15.7 Å². The van der Waals surface area contributed by atoms with Crippen LogP contribution in [0, 0.1) is 5.82 Å². The molecule has 0 unspecified atom stereocenters. The van der Waals surface area contributed by atoms with Gasteiger partial charge in [0.05, 0.1) is 27.8 Å². The molecule has 3 heterocycles. The number of hydrogen-bond donors (Lipinski definition) is 2. The number of hydrogen-bond acceptors (Lipinski definition) is 7. The Kier molecular flexibility index (Phi) is 7.50. The van der Waals surface area contributed by atoms with Crippen molar-refractivity contribution in [3.05, 3.63) is 71.9 Å². The van der Waals surface area contributed by atoms with Crippen molar-refractivity contribution < 1.29 is 12.8 Å². The number of pyridine rings is 1. The third-order valence-corrected chi connectivity index (χ3v) is 7.95. The van der Waals surface area contributed by atoms with Crippen molar-refractivity contribution in [3.8, 4) is 11.1 Å². The summed E-state index contributed by atoms with van der Waals surface area (Å²) in [6.07, 6.45) is 7.13. The van der Waals surface area contributed by atoms with Crippen LogP contribution in [0.1, 0.15) is 19.3 Å². The van der Waals surface area contributed by atoms with Crippen LogP contribution in [0.25, 0.3) is 22.2 Å². The summed E-state index contributed by atoms with van der Waals surface area (Å²) in [5, 5.41) is 3.35. The van der Waals surface area contributed by atoms with Gasteiger partial charge >= 0.3 is 0 Å². The number of rotatable bonds is 8. The molecule has 192 valence electrons. The molecule has 2 aromatic heterocycles. The monoisotopic (exact) mass is 540 g/mol. The summed E-state index contributed by atoms with van der Waals surface area (Å²) in [5.41, 5.74) is 2.98. The van der Waals surface area contributed by atoms with E-state index in [4.69, 9.17) is 11.6 Å². The van der Waals surface area contributed by atoms with Crippen LogP contribution >= 0.6 is 11.6 Å². The van der Waals surface area contributed by atoms with Gasteiger partial charge in [0.2, 0.25) is 0 Å². The number of fused-ring (bicyclic) bond motifs is 1. The summed E-state index contributed by atoms with van der Waals surface area (Å²) in [4.78, 5) is 15.7. The molecule has 0 radical (unpaired) electrons. The highest BCUT2D eigenvalue weighted by molar-refractivity contribution is 7.92. The normalized spacial score (nSPS) is 14.5. The van der Waals surface area contributed by atoms with Crippen molar-refractivity contribution in [2.45, 2.75) is 24.2 Å². The molecule has 0 bridgehead atoms. The first-order chi connectivity index (χ1) is 17.9. The van der Waals surface area contributed by atoms with Gasteiger partial charge in [0.1, 0.15) is 11.6 Å². The van der Waals surface area contributed by atoms with Crippen molar-refractivity contribution in [1.29, 1.82) is 0 Å².